The van der Waals surface area contributed by atoms with Crippen molar-refractivity contribution in [3.05, 3.63) is 34.3 Å². The van der Waals surface area contributed by atoms with E-state index in [9.17, 15) is 5.11 Å². The molecule has 1 saturated carbocycles. The van der Waals surface area contributed by atoms with Crippen molar-refractivity contribution in [2.75, 3.05) is 7.11 Å². The molecule has 5 heteroatoms. The zero-order chi connectivity index (χ0) is 13.9. The Kier molecular flexibility index (Phi) is 4.08. The Hall–Kier alpha value is -1.33. The van der Waals surface area contributed by atoms with Crippen molar-refractivity contribution in [3.8, 4) is 5.75 Å². The van der Waals surface area contributed by atoms with E-state index in [1.165, 1.54) is 37.0 Å². The molecule has 2 heterocycles. The van der Waals surface area contributed by atoms with Crippen LogP contribution in [0.2, 0.25) is 0 Å². The predicted molar refractivity (Wildman–Crippen MR) is 79.3 cm³/mol. The van der Waals surface area contributed by atoms with E-state index in [4.69, 9.17) is 4.74 Å². The Bertz CT molecular complexity index is 558. The summed E-state index contributed by atoms with van der Waals surface area (Å²) in [6, 6.07) is 4.47. The zero-order valence-corrected chi connectivity index (χ0v) is 12.5. The van der Waals surface area contributed by atoms with Crippen LogP contribution in [-0.4, -0.2) is 22.0 Å². The molecule has 2 aromatic rings. The highest BCUT2D eigenvalue weighted by molar-refractivity contribution is 7.10. The van der Waals surface area contributed by atoms with Crippen molar-refractivity contribution < 1.29 is 9.84 Å². The minimum Gasteiger partial charge on any atom is -0.496 e. The molecule has 2 aromatic heterocycles. The van der Waals surface area contributed by atoms with E-state index in [2.05, 4.69) is 9.78 Å². The summed E-state index contributed by atoms with van der Waals surface area (Å²) >= 11 is 1.52. The van der Waals surface area contributed by atoms with Crippen LogP contribution in [0.25, 0.3) is 0 Å². The Morgan fingerprint density at radius 1 is 1.50 bits per heavy atom. The molecule has 0 amide bonds. The largest absolute Gasteiger partial charge is 0.496 e. The average Bonchev–Trinajstić information content (AvgIpc) is 3.19. The van der Waals surface area contributed by atoms with Crippen molar-refractivity contribution in [2.45, 2.75) is 44.2 Å². The number of aromatic nitrogens is 2. The van der Waals surface area contributed by atoms with E-state index in [1.807, 2.05) is 23.7 Å². The van der Waals surface area contributed by atoms with Gasteiger partial charge in [0.1, 0.15) is 5.75 Å². The van der Waals surface area contributed by atoms with Crippen LogP contribution in [0.4, 0.5) is 0 Å². The number of nitrogens with zero attached hydrogens (tertiary/aromatic N) is 2. The number of hydrogen-bond acceptors (Lipinski definition) is 4. The number of methoxy groups -OCH3 is 1. The highest BCUT2D eigenvalue weighted by atomic mass is 32.1. The van der Waals surface area contributed by atoms with Gasteiger partial charge in [-0.2, -0.15) is 5.10 Å². The molecule has 1 N–H and O–H groups in total. The van der Waals surface area contributed by atoms with Crippen LogP contribution < -0.4 is 4.74 Å². The van der Waals surface area contributed by atoms with Gasteiger partial charge in [0, 0.05) is 22.9 Å². The fourth-order valence-corrected chi connectivity index (χ4v) is 3.61. The summed E-state index contributed by atoms with van der Waals surface area (Å²) in [4.78, 5) is 0.928. The van der Waals surface area contributed by atoms with E-state index in [-0.39, 0.29) is 0 Å². The summed E-state index contributed by atoms with van der Waals surface area (Å²) in [5.41, 5.74) is 0.955. The van der Waals surface area contributed by atoms with Gasteiger partial charge in [-0.25, -0.2) is 0 Å². The van der Waals surface area contributed by atoms with Crippen LogP contribution in [0.5, 0.6) is 5.75 Å². The van der Waals surface area contributed by atoms with Crippen molar-refractivity contribution in [1.82, 2.24) is 9.78 Å². The molecular formula is C15H20N2O2S. The highest BCUT2D eigenvalue weighted by Crippen LogP contribution is 2.30. The summed E-state index contributed by atoms with van der Waals surface area (Å²) in [5, 5.41) is 16.8. The molecular weight excluding hydrogens is 272 g/mol. The van der Waals surface area contributed by atoms with Crippen LogP contribution in [0.3, 0.4) is 0 Å². The third-order valence-electron chi connectivity index (χ3n) is 3.92. The second kappa shape index (κ2) is 5.97. The van der Waals surface area contributed by atoms with Gasteiger partial charge in [0.15, 0.2) is 0 Å². The summed E-state index contributed by atoms with van der Waals surface area (Å²) in [6.45, 7) is 0. The first-order valence-corrected chi connectivity index (χ1v) is 7.99. The molecule has 1 aliphatic rings. The van der Waals surface area contributed by atoms with Crippen molar-refractivity contribution in [1.29, 1.82) is 0 Å². The molecule has 1 aliphatic carbocycles. The maximum atomic E-state index is 10.3. The van der Waals surface area contributed by atoms with Crippen LogP contribution in [0, 0.1) is 0 Å². The summed E-state index contributed by atoms with van der Waals surface area (Å²) < 4.78 is 7.22. The quantitative estimate of drug-likeness (QED) is 0.919. The smallest absolute Gasteiger partial charge is 0.129 e. The van der Waals surface area contributed by atoms with E-state index in [0.29, 0.717) is 12.5 Å². The fourth-order valence-electron chi connectivity index (χ4n) is 2.77. The van der Waals surface area contributed by atoms with Crippen LogP contribution in [-0.2, 0) is 6.42 Å². The minimum absolute atomic E-state index is 0.504. The molecule has 0 aliphatic heterocycles. The van der Waals surface area contributed by atoms with Crippen LogP contribution >= 0.6 is 11.3 Å². The van der Waals surface area contributed by atoms with Gasteiger partial charge in [-0.3, -0.25) is 4.68 Å². The molecule has 1 fully saturated rings. The normalized spacial score (nSPS) is 17.5. The topological polar surface area (TPSA) is 47.3 Å². The Morgan fingerprint density at radius 3 is 3.00 bits per heavy atom. The second-order valence-corrected chi connectivity index (χ2v) is 6.28. The molecule has 1 atom stereocenters. The Balaban J connectivity index is 1.64. The lowest BCUT2D eigenvalue weighted by Gasteiger charge is -2.09. The monoisotopic (exact) mass is 292 g/mol. The number of aliphatic hydroxyl groups excluding tert-OH is 1. The number of thiophene rings is 1. The summed E-state index contributed by atoms with van der Waals surface area (Å²) in [6.07, 6.45) is 7.17. The molecule has 0 spiro atoms. The molecule has 3 rings (SSSR count). The molecule has 20 heavy (non-hydrogen) atoms. The SMILES string of the molecule is COc1csc(C(O)Cc2ccn(C3CCCC3)n2)c1. The molecule has 0 saturated heterocycles. The second-order valence-electron chi connectivity index (χ2n) is 5.33. The number of hydrogen-bond donors (Lipinski definition) is 1. The molecule has 0 radical (unpaired) electrons. The molecule has 0 aromatic carbocycles. The lowest BCUT2D eigenvalue weighted by atomic mass is 10.2. The minimum atomic E-state index is -0.504. The fraction of sp³-hybridized carbons (Fsp3) is 0.533. The van der Waals surface area contributed by atoms with Gasteiger partial charge in [-0.15, -0.1) is 11.3 Å². The van der Waals surface area contributed by atoms with Crippen LogP contribution in [0.15, 0.2) is 23.7 Å². The average molecular weight is 292 g/mol. The van der Waals surface area contributed by atoms with E-state index < -0.39 is 6.10 Å². The van der Waals surface area contributed by atoms with Crippen molar-refractivity contribution in [2.24, 2.45) is 0 Å². The number of ether oxygens (including phenoxy) is 1. The predicted octanol–water partition coefficient (Wildman–Crippen LogP) is 3.34. The van der Waals surface area contributed by atoms with Crippen molar-refractivity contribution >= 4 is 11.3 Å². The van der Waals surface area contributed by atoms with Gasteiger partial charge in [0.25, 0.3) is 0 Å². The first kappa shape index (κ1) is 13.6. The zero-order valence-electron chi connectivity index (χ0n) is 11.7. The maximum Gasteiger partial charge on any atom is 0.129 e. The van der Waals surface area contributed by atoms with E-state index >= 15 is 0 Å². The molecule has 1 unspecified atom stereocenters. The van der Waals surface area contributed by atoms with Gasteiger partial charge in [-0.05, 0) is 25.0 Å². The van der Waals surface area contributed by atoms with Gasteiger partial charge in [-0.1, -0.05) is 12.8 Å². The third-order valence-corrected chi connectivity index (χ3v) is 4.94. The first-order valence-electron chi connectivity index (χ1n) is 7.11. The molecule has 4 nitrogen and oxygen atoms in total. The summed E-state index contributed by atoms with van der Waals surface area (Å²) in [7, 11) is 1.64. The first-order chi connectivity index (χ1) is 9.76. The van der Waals surface area contributed by atoms with E-state index in [1.54, 1.807) is 7.11 Å². The lowest BCUT2D eigenvalue weighted by Crippen LogP contribution is -2.07. The van der Waals surface area contributed by atoms with Gasteiger partial charge < -0.3 is 9.84 Å². The van der Waals surface area contributed by atoms with Crippen molar-refractivity contribution in [3.63, 3.8) is 0 Å². The Morgan fingerprint density at radius 2 is 2.30 bits per heavy atom. The van der Waals surface area contributed by atoms with Gasteiger partial charge in [0.05, 0.1) is 24.9 Å². The van der Waals surface area contributed by atoms with Gasteiger partial charge >= 0.3 is 0 Å². The van der Waals surface area contributed by atoms with E-state index in [0.717, 1.165) is 16.3 Å². The maximum absolute atomic E-state index is 10.3. The molecule has 0 bridgehead atoms. The lowest BCUT2D eigenvalue weighted by molar-refractivity contribution is 0.180. The standard InChI is InChI=1S/C15H20N2O2S/c1-19-13-9-15(20-10-13)14(18)8-11-6-7-17(16-11)12-4-2-3-5-12/h6-7,9-10,12,14,18H,2-5,8H2,1H3. The number of aliphatic hydroxyl groups is 1. The third kappa shape index (κ3) is 2.88. The highest BCUT2D eigenvalue weighted by Gasteiger charge is 2.19. The number of rotatable bonds is 5. The van der Waals surface area contributed by atoms with Gasteiger partial charge in [0.2, 0.25) is 0 Å². The Labute approximate surface area is 123 Å². The van der Waals surface area contributed by atoms with Crippen LogP contribution in [0.1, 0.15) is 48.4 Å². The molecule has 108 valence electrons. The summed E-state index contributed by atoms with van der Waals surface area (Å²) in [5.74, 6) is 0.806.